The summed E-state index contributed by atoms with van der Waals surface area (Å²) in [6, 6.07) is 13.9. The third-order valence-electron chi connectivity index (χ3n) is 3.72. The molecule has 108 valence electrons. The molecule has 0 aromatic heterocycles. The van der Waals surface area contributed by atoms with Gasteiger partial charge in [0.05, 0.1) is 0 Å². The predicted octanol–water partition coefficient (Wildman–Crippen LogP) is 5.38. The van der Waals surface area contributed by atoms with Crippen molar-refractivity contribution >= 4 is 11.9 Å². The van der Waals surface area contributed by atoms with Crippen LogP contribution in [0.1, 0.15) is 59.3 Å². The van der Waals surface area contributed by atoms with E-state index in [9.17, 15) is 4.79 Å². The number of benzene rings is 2. The molecule has 0 heterocycles. The molecule has 0 saturated heterocycles. The third kappa shape index (κ3) is 3.30. The lowest BCUT2D eigenvalue weighted by molar-refractivity contribution is 0.103. The minimum atomic E-state index is 0.101. The molecule has 0 N–H and O–H groups in total. The maximum Gasteiger partial charge on any atom is 0.193 e. The topological polar surface area (TPSA) is 17.1 Å². The smallest absolute Gasteiger partial charge is 0.193 e. The number of carbonyl (C=O) groups is 1. The van der Waals surface area contributed by atoms with Gasteiger partial charge in [0.2, 0.25) is 0 Å². The molecule has 0 radical (unpaired) electrons. The van der Waals surface area contributed by atoms with Crippen molar-refractivity contribution in [1.82, 2.24) is 0 Å². The zero-order valence-corrected chi connectivity index (χ0v) is 13.2. The van der Waals surface area contributed by atoms with Crippen molar-refractivity contribution in [1.29, 1.82) is 0 Å². The molecule has 0 unspecified atom stereocenters. The van der Waals surface area contributed by atoms with Crippen LogP contribution in [0.25, 0.3) is 6.08 Å². The summed E-state index contributed by atoms with van der Waals surface area (Å²) in [5.41, 5.74) is 4.77. The average molecular weight is 278 g/mol. The average Bonchev–Trinajstić information content (AvgIpc) is 2.47. The quantitative estimate of drug-likeness (QED) is 0.686. The van der Waals surface area contributed by atoms with Gasteiger partial charge in [0.1, 0.15) is 0 Å². The van der Waals surface area contributed by atoms with Gasteiger partial charge in [0, 0.05) is 11.1 Å². The molecule has 1 nitrogen and oxygen atoms in total. The lowest BCUT2D eigenvalue weighted by atomic mass is 9.91. The molecule has 0 atom stereocenters. The number of carbonyl (C=O) groups excluding carboxylic acids is 1. The van der Waals surface area contributed by atoms with E-state index in [1.165, 1.54) is 5.56 Å². The summed E-state index contributed by atoms with van der Waals surface area (Å²) in [6.07, 6.45) is 3.94. The second-order valence-corrected chi connectivity index (χ2v) is 5.65. The molecule has 0 fully saturated rings. The molecular weight excluding hydrogens is 256 g/mol. The second kappa shape index (κ2) is 6.53. The first-order valence-electron chi connectivity index (χ1n) is 7.41. The number of hydrogen-bond acceptors (Lipinski definition) is 1. The fourth-order valence-electron chi connectivity index (χ4n) is 2.42. The van der Waals surface area contributed by atoms with E-state index in [4.69, 9.17) is 0 Å². The van der Waals surface area contributed by atoms with Crippen LogP contribution in [0.5, 0.6) is 0 Å². The van der Waals surface area contributed by atoms with Gasteiger partial charge in [-0.3, -0.25) is 4.79 Å². The molecule has 0 amide bonds. The number of ketones is 1. The van der Waals surface area contributed by atoms with E-state index >= 15 is 0 Å². The Kier molecular flexibility index (Phi) is 4.74. The van der Waals surface area contributed by atoms with E-state index in [-0.39, 0.29) is 5.78 Å². The molecule has 2 aromatic carbocycles. The SMILES string of the molecule is C/C=C\c1ccccc1C(=O)c1cc(C(C)C)ccc1C. The van der Waals surface area contributed by atoms with Crippen LogP contribution in [0.15, 0.2) is 48.5 Å². The van der Waals surface area contributed by atoms with Gasteiger partial charge in [-0.1, -0.05) is 62.4 Å². The van der Waals surface area contributed by atoms with E-state index in [0.717, 1.165) is 22.3 Å². The molecule has 1 heteroatoms. The Hall–Kier alpha value is -2.15. The van der Waals surface area contributed by atoms with Crippen molar-refractivity contribution in [2.45, 2.75) is 33.6 Å². The fourth-order valence-corrected chi connectivity index (χ4v) is 2.42. The largest absolute Gasteiger partial charge is 0.289 e. The number of rotatable bonds is 4. The van der Waals surface area contributed by atoms with Gasteiger partial charge in [0.15, 0.2) is 5.78 Å². The summed E-state index contributed by atoms with van der Waals surface area (Å²) in [5.74, 6) is 0.520. The van der Waals surface area contributed by atoms with Crippen molar-refractivity contribution < 1.29 is 4.79 Å². The molecule has 0 aliphatic heterocycles. The zero-order chi connectivity index (χ0) is 15.4. The van der Waals surface area contributed by atoms with E-state index in [2.05, 4.69) is 19.9 Å². The molecule has 0 bridgehead atoms. The summed E-state index contributed by atoms with van der Waals surface area (Å²) in [4.78, 5) is 12.9. The van der Waals surface area contributed by atoms with Gasteiger partial charge in [-0.2, -0.15) is 0 Å². The number of hydrogen-bond donors (Lipinski definition) is 0. The van der Waals surface area contributed by atoms with E-state index in [0.29, 0.717) is 5.92 Å². The van der Waals surface area contributed by atoms with Crippen LogP contribution in [0, 0.1) is 6.92 Å². The highest BCUT2D eigenvalue weighted by molar-refractivity contribution is 6.11. The van der Waals surface area contributed by atoms with Gasteiger partial charge in [-0.15, -0.1) is 0 Å². The standard InChI is InChI=1S/C20H22O/c1-5-8-16-9-6-7-10-18(16)20(21)19-13-17(14(2)3)12-11-15(19)4/h5-14H,1-4H3/b8-5-. The number of allylic oxidation sites excluding steroid dienone is 1. The maximum absolute atomic E-state index is 12.9. The Morgan fingerprint density at radius 3 is 2.43 bits per heavy atom. The first-order chi connectivity index (χ1) is 10.0. The predicted molar refractivity (Wildman–Crippen MR) is 89.9 cm³/mol. The van der Waals surface area contributed by atoms with Gasteiger partial charge in [-0.05, 0) is 42.5 Å². The summed E-state index contributed by atoms with van der Waals surface area (Å²) < 4.78 is 0. The minimum Gasteiger partial charge on any atom is -0.289 e. The molecule has 2 aromatic rings. The Morgan fingerprint density at radius 1 is 1.05 bits per heavy atom. The van der Waals surface area contributed by atoms with Crippen molar-refractivity contribution in [3.8, 4) is 0 Å². The maximum atomic E-state index is 12.9. The van der Waals surface area contributed by atoms with Crippen molar-refractivity contribution in [2.75, 3.05) is 0 Å². The normalized spacial score (nSPS) is 11.3. The zero-order valence-electron chi connectivity index (χ0n) is 13.2. The molecule has 0 saturated carbocycles. The van der Waals surface area contributed by atoms with Crippen LogP contribution in [0.3, 0.4) is 0 Å². The minimum absolute atomic E-state index is 0.101. The fraction of sp³-hybridized carbons (Fsp3) is 0.250. The molecule has 0 aliphatic carbocycles. The molecular formula is C20H22O. The molecule has 2 rings (SSSR count). The highest BCUT2D eigenvalue weighted by Crippen LogP contribution is 2.23. The Balaban J connectivity index is 2.52. The van der Waals surface area contributed by atoms with E-state index in [1.54, 1.807) is 0 Å². The van der Waals surface area contributed by atoms with Crippen LogP contribution in [0.4, 0.5) is 0 Å². The Labute approximate surface area is 127 Å². The van der Waals surface area contributed by atoms with Gasteiger partial charge < -0.3 is 0 Å². The van der Waals surface area contributed by atoms with Crippen molar-refractivity contribution in [2.24, 2.45) is 0 Å². The Morgan fingerprint density at radius 2 is 1.76 bits per heavy atom. The lowest BCUT2D eigenvalue weighted by Crippen LogP contribution is -2.07. The van der Waals surface area contributed by atoms with Crippen LogP contribution >= 0.6 is 0 Å². The summed E-state index contributed by atoms with van der Waals surface area (Å²) in [5, 5.41) is 0. The van der Waals surface area contributed by atoms with Gasteiger partial charge >= 0.3 is 0 Å². The van der Waals surface area contributed by atoms with Gasteiger partial charge in [0.25, 0.3) is 0 Å². The number of aryl methyl sites for hydroxylation is 1. The highest BCUT2D eigenvalue weighted by atomic mass is 16.1. The summed E-state index contributed by atoms with van der Waals surface area (Å²) >= 11 is 0. The van der Waals surface area contributed by atoms with Gasteiger partial charge in [-0.25, -0.2) is 0 Å². The van der Waals surface area contributed by atoms with Crippen LogP contribution in [-0.2, 0) is 0 Å². The van der Waals surface area contributed by atoms with Crippen molar-refractivity contribution in [3.05, 3.63) is 76.4 Å². The Bertz CT molecular complexity index is 678. The monoisotopic (exact) mass is 278 g/mol. The first kappa shape index (κ1) is 15.2. The van der Waals surface area contributed by atoms with Crippen molar-refractivity contribution in [3.63, 3.8) is 0 Å². The summed E-state index contributed by atoms with van der Waals surface area (Å²) in [7, 11) is 0. The lowest BCUT2D eigenvalue weighted by Gasteiger charge is -2.12. The van der Waals surface area contributed by atoms with Crippen LogP contribution in [-0.4, -0.2) is 5.78 Å². The summed E-state index contributed by atoms with van der Waals surface area (Å²) in [6.45, 7) is 8.25. The third-order valence-corrected chi connectivity index (χ3v) is 3.72. The highest BCUT2D eigenvalue weighted by Gasteiger charge is 2.15. The molecule has 21 heavy (non-hydrogen) atoms. The van der Waals surface area contributed by atoms with Crippen LogP contribution in [0.2, 0.25) is 0 Å². The molecule has 0 aliphatic rings. The first-order valence-corrected chi connectivity index (χ1v) is 7.41. The second-order valence-electron chi connectivity index (χ2n) is 5.65. The van der Waals surface area contributed by atoms with E-state index in [1.807, 2.05) is 62.4 Å². The van der Waals surface area contributed by atoms with Crippen LogP contribution < -0.4 is 0 Å². The molecule has 0 spiro atoms. The van der Waals surface area contributed by atoms with E-state index < -0.39 is 0 Å².